The van der Waals surface area contributed by atoms with Crippen molar-refractivity contribution in [1.29, 1.82) is 5.26 Å². The van der Waals surface area contributed by atoms with E-state index in [-0.39, 0.29) is 11.0 Å². The van der Waals surface area contributed by atoms with Crippen LogP contribution in [0.2, 0.25) is 0 Å². The highest BCUT2D eigenvalue weighted by molar-refractivity contribution is 7.16. The van der Waals surface area contributed by atoms with Crippen LogP contribution in [-0.4, -0.2) is 71.1 Å². The molecule has 0 unspecified atom stereocenters. The van der Waals surface area contributed by atoms with Crippen molar-refractivity contribution >= 4 is 22.7 Å². The smallest absolute Gasteiger partial charge is 0.317 e. The highest BCUT2D eigenvalue weighted by Crippen LogP contribution is 2.56. The summed E-state index contributed by atoms with van der Waals surface area (Å²) in [5.41, 5.74) is 3.99. The molecule has 3 aromatic rings. The maximum absolute atomic E-state index is 10.3. The van der Waals surface area contributed by atoms with Gasteiger partial charge in [-0.2, -0.15) is 10.2 Å². The highest BCUT2D eigenvalue weighted by atomic mass is 32.1. The zero-order chi connectivity index (χ0) is 27.2. The fraction of sp³-hybridized carbons (Fsp3) is 0.552. The van der Waals surface area contributed by atoms with E-state index in [0.29, 0.717) is 23.9 Å². The molecule has 0 aromatic carbocycles. The largest absolute Gasteiger partial charge is 0.461 e. The van der Waals surface area contributed by atoms with Crippen LogP contribution in [0.4, 0.5) is 5.00 Å². The van der Waals surface area contributed by atoms with Gasteiger partial charge in [0, 0.05) is 30.7 Å². The molecule has 1 spiro atoms. The number of thiophene rings is 1. The van der Waals surface area contributed by atoms with Crippen molar-refractivity contribution in [2.45, 2.75) is 69.2 Å². The second kappa shape index (κ2) is 10.0. The molecule has 4 heterocycles. The Morgan fingerprint density at radius 2 is 2.08 bits per heavy atom. The first-order valence-electron chi connectivity index (χ1n) is 13.8. The Kier molecular flexibility index (Phi) is 6.68. The number of ether oxygens (including phenoxy) is 1. The van der Waals surface area contributed by atoms with Crippen molar-refractivity contribution in [2.24, 2.45) is 4.99 Å². The molecule has 39 heavy (non-hydrogen) atoms. The molecule has 1 saturated heterocycles. The van der Waals surface area contributed by atoms with E-state index < -0.39 is 0 Å². The zero-order valence-electron chi connectivity index (χ0n) is 23.2. The quantitative estimate of drug-likeness (QED) is 0.311. The number of aliphatic imine (C=N–C) groups is 1. The Morgan fingerprint density at radius 1 is 1.26 bits per heavy atom. The maximum Gasteiger partial charge on any atom is 0.317 e. The fourth-order valence-electron chi connectivity index (χ4n) is 6.56. The fourth-order valence-corrected chi connectivity index (χ4v) is 7.79. The van der Waals surface area contributed by atoms with Crippen LogP contribution in [0.25, 0.3) is 11.4 Å². The van der Waals surface area contributed by atoms with E-state index in [9.17, 15) is 5.26 Å². The van der Waals surface area contributed by atoms with E-state index in [2.05, 4.69) is 40.1 Å². The Bertz CT molecular complexity index is 1450. The van der Waals surface area contributed by atoms with E-state index in [1.807, 2.05) is 25.1 Å². The Hall–Kier alpha value is -3.29. The average molecular weight is 546 g/mol. The summed E-state index contributed by atoms with van der Waals surface area (Å²) in [7, 11) is 6.01. The summed E-state index contributed by atoms with van der Waals surface area (Å²) >= 11 is 1.64. The van der Waals surface area contributed by atoms with Crippen molar-refractivity contribution in [3.05, 3.63) is 39.6 Å². The summed E-state index contributed by atoms with van der Waals surface area (Å²) in [6, 6.07) is 4.74. The predicted molar refractivity (Wildman–Crippen MR) is 151 cm³/mol. The van der Waals surface area contributed by atoms with Crippen molar-refractivity contribution in [2.75, 3.05) is 34.3 Å². The predicted octanol–water partition coefficient (Wildman–Crippen LogP) is 5.11. The number of aryl methyl sites for hydroxylation is 1. The van der Waals surface area contributed by atoms with E-state index in [4.69, 9.17) is 14.2 Å². The van der Waals surface area contributed by atoms with Gasteiger partial charge in [0.2, 0.25) is 0 Å². The van der Waals surface area contributed by atoms with Gasteiger partial charge in [0.05, 0.1) is 28.5 Å². The summed E-state index contributed by atoms with van der Waals surface area (Å²) in [4.78, 5) is 19.3. The Balaban J connectivity index is 1.36. The molecule has 1 aliphatic heterocycles. The minimum atomic E-state index is -0.353. The average Bonchev–Trinajstić information content (AvgIpc) is 3.63. The van der Waals surface area contributed by atoms with Gasteiger partial charge >= 0.3 is 6.01 Å². The third-order valence-electron chi connectivity index (χ3n) is 8.74. The second-order valence-corrected chi connectivity index (χ2v) is 12.6. The number of rotatable bonds is 6. The van der Waals surface area contributed by atoms with Crippen LogP contribution < -0.4 is 4.74 Å². The van der Waals surface area contributed by atoms with Crippen LogP contribution in [-0.2, 0) is 18.3 Å². The van der Waals surface area contributed by atoms with Gasteiger partial charge in [-0.1, -0.05) is 5.16 Å². The van der Waals surface area contributed by atoms with Gasteiger partial charge in [-0.05, 0) is 83.5 Å². The summed E-state index contributed by atoms with van der Waals surface area (Å²) < 4.78 is 12.3. The zero-order valence-corrected chi connectivity index (χ0v) is 24.0. The molecule has 0 N–H and O–H groups in total. The van der Waals surface area contributed by atoms with Crippen LogP contribution in [0.15, 0.2) is 21.8 Å². The minimum Gasteiger partial charge on any atom is -0.461 e. The van der Waals surface area contributed by atoms with Crippen LogP contribution in [0.3, 0.4) is 0 Å². The molecule has 3 aliphatic rings. The van der Waals surface area contributed by atoms with Crippen molar-refractivity contribution in [3.8, 4) is 23.5 Å². The van der Waals surface area contributed by atoms with Gasteiger partial charge in [0.25, 0.3) is 0 Å². The highest BCUT2D eigenvalue weighted by Gasteiger charge is 2.49. The van der Waals surface area contributed by atoms with Gasteiger partial charge in [-0.25, -0.2) is 9.98 Å². The van der Waals surface area contributed by atoms with Crippen LogP contribution in [0.5, 0.6) is 6.01 Å². The van der Waals surface area contributed by atoms with Crippen molar-refractivity contribution < 1.29 is 9.26 Å². The topological polar surface area (TPSA) is 104 Å². The molecule has 2 atom stereocenters. The molecule has 0 radical (unpaired) electrons. The number of nitriles is 1. The maximum atomic E-state index is 10.3. The van der Waals surface area contributed by atoms with E-state index >= 15 is 0 Å². The summed E-state index contributed by atoms with van der Waals surface area (Å²) in [6.07, 6.45) is 11.5. The Labute approximate surface area is 233 Å². The van der Waals surface area contributed by atoms with Crippen LogP contribution in [0.1, 0.15) is 72.8 Å². The third kappa shape index (κ3) is 4.42. The molecule has 6 rings (SSSR count). The molecule has 2 aliphatic carbocycles. The molecule has 204 valence electrons. The summed E-state index contributed by atoms with van der Waals surface area (Å²) in [5.74, 6) is 0.892. The third-order valence-corrected chi connectivity index (χ3v) is 9.90. The molecule has 3 aromatic heterocycles. The number of aromatic nitrogens is 3. The van der Waals surface area contributed by atoms with Gasteiger partial charge in [-0.3, -0.25) is 4.90 Å². The van der Waals surface area contributed by atoms with E-state index in [0.717, 1.165) is 79.1 Å². The van der Waals surface area contributed by atoms with Gasteiger partial charge in [0.1, 0.15) is 23.4 Å². The molecule has 0 saturated carbocycles. The first-order chi connectivity index (χ1) is 18.8. The lowest BCUT2D eigenvalue weighted by atomic mass is 9.63. The first-order valence-corrected chi connectivity index (χ1v) is 14.6. The van der Waals surface area contributed by atoms with E-state index in [1.54, 1.807) is 23.9 Å². The number of hydrogen-bond acceptors (Lipinski definition) is 9. The molecule has 1 fully saturated rings. The number of nitrogens with zero attached hydrogens (tertiary/aromatic N) is 7. The summed E-state index contributed by atoms with van der Waals surface area (Å²) in [6.45, 7) is 3.85. The lowest BCUT2D eigenvalue weighted by Gasteiger charge is -2.39. The molecule has 9 nitrogen and oxygen atoms in total. The number of likely N-dealkylation sites (tertiary alicyclic amines) is 1. The SMILES string of the molecule is CN(C)/C=N/c1sc2c(c1C#N)[C@@]1(CCC2)CCCc2c(-c3ccnc(OC[C@@]4(C)CCCN4C)n3)noc21. The molecule has 0 amide bonds. The number of hydrogen-bond donors (Lipinski definition) is 0. The molecule has 0 bridgehead atoms. The van der Waals surface area contributed by atoms with Gasteiger partial charge in [-0.15, -0.1) is 11.3 Å². The molecular weight excluding hydrogens is 510 g/mol. The van der Waals surface area contributed by atoms with Gasteiger partial charge < -0.3 is 14.2 Å². The second-order valence-electron chi connectivity index (χ2n) is 11.6. The standard InChI is InChI=1S/C29H35N7O2S/c1-28(11-7-15-36(28)4)17-37-27-31-14-10-21(33-27)24-19-8-5-12-29(25(19)38-34-24)13-6-9-22-23(29)20(16-30)26(39-22)32-18-35(2)3/h10,14,18H,5-9,11-13,15,17H2,1-4H3/b32-18+/t28-,29+/m1/s1. The lowest BCUT2D eigenvalue weighted by molar-refractivity contribution is 0.107. The normalized spacial score (nSPS) is 24.6. The van der Waals surface area contributed by atoms with Crippen molar-refractivity contribution in [1.82, 2.24) is 24.9 Å². The van der Waals surface area contributed by atoms with Crippen molar-refractivity contribution in [3.63, 3.8) is 0 Å². The number of fused-ring (bicyclic) bond motifs is 4. The van der Waals surface area contributed by atoms with E-state index in [1.165, 1.54) is 11.3 Å². The molecular formula is C29H35N7O2S. The van der Waals surface area contributed by atoms with Gasteiger partial charge in [0.15, 0.2) is 5.76 Å². The minimum absolute atomic E-state index is 0.00802. The number of likely N-dealkylation sites (N-methyl/N-ethyl adjacent to an activating group) is 1. The molecule has 10 heteroatoms. The van der Waals surface area contributed by atoms with Crippen LogP contribution >= 0.6 is 11.3 Å². The first kappa shape index (κ1) is 26.0. The summed E-state index contributed by atoms with van der Waals surface area (Å²) in [5, 5.41) is 15.6. The lowest BCUT2D eigenvalue weighted by Crippen LogP contribution is -2.43. The monoisotopic (exact) mass is 545 g/mol. The Morgan fingerprint density at radius 3 is 2.82 bits per heavy atom. The van der Waals surface area contributed by atoms with Crippen LogP contribution in [0, 0.1) is 11.3 Å².